The Morgan fingerprint density at radius 1 is 1.04 bits per heavy atom. The summed E-state index contributed by atoms with van der Waals surface area (Å²) in [5, 5.41) is 3.30. The van der Waals surface area contributed by atoms with Gasteiger partial charge in [0, 0.05) is 24.6 Å². The van der Waals surface area contributed by atoms with Crippen molar-refractivity contribution in [3.63, 3.8) is 0 Å². The summed E-state index contributed by atoms with van der Waals surface area (Å²) < 4.78 is 2.10. The van der Waals surface area contributed by atoms with Crippen LogP contribution in [0.5, 0.6) is 0 Å². The molecule has 0 radical (unpaired) electrons. The van der Waals surface area contributed by atoms with E-state index < -0.39 is 0 Å². The highest BCUT2D eigenvalue weighted by Gasteiger charge is 2.08. The Balaban J connectivity index is 1.72. The molecule has 0 atom stereocenters. The first-order valence-corrected chi connectivity index (χ1v) is 9.42. The number of para-hydroxylation sites is 1. The third-order valence-corrected chi connectivity index (χ3v) is 4.64. The lowest BCUT2D eigenvalue weighted by molar-refractivity contribution is 0.724. The predicted octanol–water partition coefficient (Wildman–Crippen LogP) is 3.98. The maximum atomic E-state index is 6.17. The van der Waals surface area contributed by atoms with Crippen molar-refractivity contribution in [1.29, 1.82) is 0 Å². The molecule has 0 spiro atoms. The molecule has 3 N–H and O–H groups in total. The van der Waals surface area contributed by atoms with Gasteiger partial charge in [0.05, 0.1) is 0 Å². The Labute approximate surface area is 161 Å². The average molecular weight is 361 g/mol. The second-order valence-electron chi connectivity index (χ2n) is 6.44. The number of aromatic nitrogens is 2. The lowest BCUT2D eigenvalue weighted by atomic mass is 10.0. The maximum absolute atomic E-state index is 6.17. The first-order chi connectivity index (χ1) is 13.2. The van der Waals surface area contributed by atoms with E-state index in [1.807, 2.05) is 24.4 Å². The zero-order chi connectivity index (χ0) is 19.1. The maximum Gasteiger partial charge on any atom is 0.193 e. The number of nitrogens with two attached hydrogens (primary N) is 1. The molecule has 0 saturated heterocycles. The summed E-state index contributed by atoms with van der Waals surface area (Å²) >= 11 is 0. The summed E-state index contributed by atoms with van der Waals surface area (Å²) in [5.41, 5.74) is 11.0. The number of rotatable bonds is 7. The highest BCUT2D eigenvalue weighted by atomic mass is 15.1. The molecule has 0 saturated carbocycles. The third-order valence-electron chi connectivity index (χ3n) is 4.64. The number of aliphatic imine (C=N–C) groups is 1. The zero-order valence-electron chi connectivity index (χ0n) is 16.0. The minimum atomic E-state index is 0.417. The van der Waals surface area contributed by atoms with Gasteiger partial charge >= 0.3 is 0 Å². The largest absolute Gasteiger partial charge is 0.370 e. The van der Waals surface area contributed by atoms with Crippen LogP contribution in [0.1, 0.15) is 36.4 Å². The molecule has 0 unspecified atom stereocenters. The summed E-state index contributed by atoms with van der Waals surface area (Å²) in [6.07, 6.45) is 5.68. The van der Waals surface area contributed by atoms with Gasteiger partial charge in [-0.15, -0.1) is 0 Å². The average Bonchev–Trinajstić information content (AvgIpc) is 3.14. The van der Waals surface area contributed by atoms with Crippen molar-refractivity contribution in [3.05, 3.63) is 83.4 Å². The number of hydrogen-bond donors (Lipinski definition) is 2. The van der Waals surface area contributed by atoms with Crippen molar-refractivity contribution < 1.29 is 0 Å². The Morgan fingerprint density at radius 2 is 1.74 bits per heavy atom. The van der Waals surface area contributed by atoms with Gasteiger partial charge in [-0.25, -0.2) is 9.98 Å². The number of imidazole rings is 1. The van der Waals surface area contributed by atoms with Crippen LogP contribution in [0.2, 0.25) is 0 Å². The van der Waals surface area contributed by atoms with Crippen LogP contribution in [0.15, 0.2) is 65.9 Å². The van der Waals surface area contributed by atoms with Crippen molar-refractivity contribution in [2.75, 3.05) is 5.32 Å². The van der Waals surface area contributed by atoms with E-state index in [9.17, 15) is 0 Å². The van der Waals surface area contributed by atoms with Crippen LogP contribution in [-0.2, 0) is 25.9 Å². The van der Waals surface area contributed by atoms with Crippen LogP contribution in [-0.4, -0.2) is 15.5 Å². The highest BCUT2D eigenvalue weighted by molar-refractivity contribution is 5.93. The summed E-state index contributed by atoms with van der Waals surface area (Å²) in [5.74, 6) is 1.31. The first kappa shape index (κ1) is 18.7. The SMILES string of the molecule is CCc1cccc(CC)c1NC(N)=NCc1nccn1Cc1ccccc1. The second-order valence-corrected chi connectivity index (χ2v) is 6.44. The zero-order valence-corrected chi connectivity index (χ0v) is 16.0. The molecule has 140 valence electrons. The molecule has 2 aromatic carbocycles. The van der Waals surface area contributed by atoms with E-state index in [1.54, 1.807) is 6.20 Å². The van der Waals surface area contributed by atoms with Gasteiger partial charge in [0.1, 0.15) is 12.4 Å². The highest BCUT2D eigenvalue weighted by Crippen LogP contribution is 2.22. The number of guanidine groups is 1. The number of hydrogen-bond acceptors (Lipinski definition) is 2. The van der Waals surface area contributed by atoms with Crippen molar-refractivity contribution in [2.24, 2.45) is 10.7 Å². The molecule has 3 aromatic rings. The summed E-state index contributed by atoms with van der Waals surface area (Å²) in [4.78, 5) is 8.95. The molecule has 1 aromatic heterocycles. The molecular formula is C22H27N5. The molecule has 0 aliphatic carbocycles. The Bertz CT molecular complexity index is 874. The fourth-order valence-electron chi connectivity index (χ4n) is 3.14. The van der Waals surface area contributed by atoms with Crippen molar-refractivity contribution in [1.82, 2.24) is 9.55 Å². The van der Waals surface area contributed by atoms with E-state index in [4.69, 9.17) is 5.73 Å². The number of aryl methyl sites for hydroxylation is 2. The monoisotopic (exact) mass is 361 g/mol. The summed E-state index contributed by atoms with van der Waals surface area (Å²) in [6, 6.07) is 16.7. The molecule has 5 nitrogen and oxygen atoms in total. The van der Waals surface area contributed by atoms with Crippen LogP contribution in [0, 0.1) is 0 Å². The minimum absolute atomic E-state index is 0.417. The fraction of sp³-hybridized carbons (Fsp3) is 0.273. The number of anilines is 1. The van der Waals surface area contributed by atoms with E-state index in [-0.39, 0.29) is 0 Å². The molecule has 0 bridgehead atoms. The lowest BCUT2D eigenvalue weighted by Gasteiger charge is -2.15. The Hall–Kier alpha value is -3.08. The van der Waals surface area contributed by atoms with E-state index >= 15 is 0 Å². The van der Waals surface area contributed by atoms with Crippen LogP contribution in [0.25, 0.3) is 0 Å². The van der Waals surface area contributed by atoms with E-state index in [2.05, 4.69) is 64.0 Å². The standard InChI is InChI=1S/C22H27N5/c1-3-18-11-8-12-19(4-2)21(18)26-22(23)25-15-20-24-13-14-27(20)16-17-9-6-5-7-10-17/h5-14H,3-4,15-16H2,1-2H3,(H3,23,25,26). The first-order valence-electron chi connectivity index (χ1n) is 9.42. The van der Waals surface area contributed by atoms with Crippen molar-refractivity contribution >= 4 is 11.6 Å². The van der Waals surface area contributed by atoms with Gasteiger partial charge in [-0.2, -0.15) is 0 Å². The van der Waals surface area contributed by atoms with Gasteiger partial charge in [0.15, 0.2) is 5.96 Å². The van der Waals surface area contributed by atoms with Crippen LogP contribution in [0.4, 0.5) is 5.69 Å². The summed E-state index contributed by atoms with van der Waals surface area (Å²) in [7, 11) is 0. The van der Waals surface area contributed by atoms with E-state index in [0.717, 1.165) is 30.9 Å². The lowest BCUT2D eigenvalue weighted by Crippen LogP contribution is -2.24. The fourth-order valence-corrected chi connectivity index (χ4v) is 3.14. The molecule has 0 aliphatic rings. The molecule has 0 aliphatic heterocycles. The van der Waals surface area contributed by atoms with Crippen LogP contribution in [0.3, 0.4) is 0 Å². The van der Waals surface area contributed by atoms with Crippen molar-refractivity contribution in [2.45, 2.75) is 39.8 Å². The molecule has 27 heavy (non-hydrogen) atoms. The van der Waals surface area contributed by atoms with Gasteiger partial charge in [0.25, 0.3) is 0 Å². The van der Waals surface area contributed by atoms with Gasteiger partial charge in [0.2, 0.25) is 0 Å². The number of benzene rings is 2. The van der Waals surface area contributed by atoms with Crippen LogP contribution < -0.4 is 11.1 Å². The quantitative estimate of drug-likeness (QED) is 0.494. The van der Waals surface area contributed by atoms with Crippen LogP contribution >= 0.6 is 0 Å². The number of nitrogens with zero attached hydrogens (tertiary/aromatic N) is 3. The Kier molecular flexibility index (Phi) is 6.26. The van der Waals surface area contributed by atoms with E-state index in [1.165, 1.54) is 16.7 Å². The van der Waals surface area contributed by atoms with Crippen molar-refractivity contribution in [3.8, 4) is 0 Å². The summed E-state index contributed by atoms with van der Waals surface area (Å²) in [6.45, 7) is 5.51. The van der Waals surface area contributed by atoms with Gasteiger partial charge < -0.3 is 15.6 Å². The molecular weight excluding hydrogens is 334 g/mol. The molecule has 5 heteroatoms. The van der Waals surface area contributed by atoms with Gasteiger partial charge in [-0.05, 0) is 29.5 Å². The topological polar surface area (TPSA) is 68.2 Å². The third kappa shape index (κ3) is 4.76. The predicted molar refractivity (Wildman–Crippen MR) is 112 cm³/mol. The Morgan fingerprint density at radius 3 is 2.41 bits per heavy atom. The second kappa shape index (κ2) is 9.03. The van der Waals surface area contributed by atoms with E-state index in [0.29, 0.717) is 12.5 Å². The normalized spacial score (nSPS) is 11.6. The molecule has 0 fully saturated rings. The van der Waals surface area contributed by atoms with Gasteiger partial charge in [-0.1, -0.05) is 62.4 Å². The molecule has 0 amide bonds. The number of nitrogens with one attached hydrogen (secondary N) is 1. The smallest absolute Gasteiger partial charge is 0.193 e. The minimum Gasteiger partial charge on any atom is -0.370 e. The molecule has 1 heterocycles. The van der Waals surface area contributed by atoms with Gasteiger partial charge in [-0.3, -0.25) is 0 Å². The molecule has 3 rings (SSSR count).